The maximum absolute atomic E-state index is 11.8. The van der Waals surface area contributed by atoms with E-state index in [0.717, 1.165) is 24.2 Å². The van der Waals surface area contributed by atoms with Crippen molar-refractivity contribution in [2.24, 2.45) is 5.92 Å². The van der Waals surface area contributed by atoms with E-state index in [0.29, 0.717) is 13.0 Å². The van der Waals surface area contributed by atoms with Crippen LogP contribution < -0.4 is 4.90 Å². The van der Waals surface area contributed by atoms with Gasteiger partial charge in [0.05, 0.1) is 12.7 Å². The fraction of sp³-hybridized carbons (Fsp3) is 0.529. The SMILES string of the molecule is CCOC(=O)C(Cc1ccc(N2CCC(O)C2)cc1)C(C)=O. The molecule has 0 saturated carbocycles. The molecular formula is C17H23NO4. The van der Waals surface area contributed by atoms with Crippen LogP contribution in [0.25, 0.3) is 0 Å². The summed E-state index contributed by atoms with van der Waals surface area (Å²) < 4.78 is 4.96. The van der Waals surface area contributed by atoms with Crippen LogP contribution in [0.1, 0.15) is 25.8 Å². The Morgan fingerprint density at radius 3 is 2.55 bits per heavy atom. The standard InChI is InChI=1S/C17H23NO4/c1-3-22-17(21)16(12(2)19)10-13-4-6-14(7-5-13)18-9-8-15(20)11-18/h4-7,15-16,20H,3,8-11H2,1-2H3. The number of rotatable bonds is 6. The number of carbonyl (C=O) groups is 2. The monoisotopic (exact) mass is 305 g/mol. The number of esters is 1. The van der Waals surface area contributed by atoms with E-state index in [1.165, 1.54) is 6.92 Å². The number of hydrogen-bond acceptors (Lipinski definition) is 5. The van der Waals surface area contributed by atoms with Crippen LogP contribution in [0.4, 0.5) is 5.69 Å². The van der Waals surface area contributed by atoms with Crippen LogP contribution in [-0.2, 0) is 20.7 Å². The number of carbonyl (C=O) groups excluding carboxylic acids is 2. The van der Waals surface area contributed by atoms with Crippen LogP contribution in [0.3, 0.4) is 0 Å². The molecule has 0 radical (unpaired) electrons. The molecule has 1 aromatic carbocycles. The first kappa shape index (κ1) is 16.5. The third-order valence-electron chi connectivity index (χ3n) is 3.97. The van der Waals surface area contributed by atoms with Gasteiger partial charge in [0.15, 0.2) is 0 Å². The van der Waals surface area contributed by atoms with E-state index >= 15 is 0 Å². The Balaban J connectivity index is 2.03. The number of ether oxygens (including phenoxy) is 1. The number of ketones is 1. The van der Waals surface area contributed by atoms with Gasteiger partial charge in [-0.05, 0) is 44.4 Å². The van der Waals surface area contributed by atoms with Crippen LogP contribution in [0.5, 0.6) is 0 Å². The fourth-order valence-electron chi connectivity index (χ4n) is 2.69. The minimum atomic E-state index is -0.737. The second kappa shape index (κ2) is 7.40. The lowest BCUT2D eigenvalue weighted by Gasteiger charge is -2.18. The van der Waals surface area contributed by atoms with Gasteiger partial charge >= 0.3 is 5.97 Å². The summed E-state index contributed by atoms with van der Waals surface area (Å²) in [6, 6.07) is 7.79. The summed E-state index contributed by atoms with van der Waals surface area (Å²) in [5.74, 6) is -1.37. The highest BCUT2D eigenvalue weighted by atomic mass is 16.5. The molecule has 1 heterocycles. The Labute approximate surface area is 130 Å². The smallest absolute Gasteiger partial charge is 0.316 e. The molecule has 5 heteroatoms. The number of benzene rings is 1. The van der Waals surface area contributed by atoms with Crippen molar-refractivity contribution < 1.29 is 19.4 Å². The van der Waals surface area contributed by atoms with Crippen molar-refractivity contribution in [3.8, 4) is 0 Å². The van der Waals surface area contributed by atoms with Gasteiger partial charge in [0.25, 0.3) is 0 Å². The molecule has 1 aliphatic rings. The first-order valence-corrected chi connectivity index (χ1v) is 7.70. The molecular weight excluding hydrogens is 282 g/mol. The first-order valence-electron chi connectivity index (χ1n) is 7.70. The van der Waals surface area contributed by atoms with Gasteiger partial charge in [0.1, 0.15) is 11.7 Å². The van der Waals surface area contributed by atoms with E-state index in [1.54, 1.807) is 6.92 Å². The maximum Gasteiger partial charge on any atom is 0.316 e. The molecule has 0 spiro atoms. The molecule has 1 fully saturated rings. The molecule has 0 aromatic heterocycles. The van der Waals surface area contributed by atoms with Crippen LogP contribution in [-0.4, -0.2) is 42.7 Å². The maximum atomic E-state index is 11.8. The molecule has 1 aliphatic heterocycles. The quantitative estimate of drug-likeness (QED) is 0.638. The topological polar surface area (TPSA) is 66.8 Å². The Bertz CT molecular complexity index is 526. The molecule has 0 aliphatic carbocycles. The summed E-state index contributed by atoms with van der Waals surface area (Å²) in [4.78, 5) is 25.6. The van der Waals surface area contributed by atoms with Gasteiger partial charge in [-0.15, -0.1) is 0 Å². The number of aliphatic hydroxyl groups is 1. The van der Waals surface area contributed by atoms with Crippen LogP contribution in [0.2, 0.25) is 0 Å². The molecule has 2 atom stereocenters. The zero-order valence-electron chi connectivity index (χ0n) is 13.1. The lowest BCUT2D eigenvalue weighted by Crippen LogP contribution is -2.26. The van der Waals surface area contributed by atoms with Gasteiger partial charge < -0.3 is 14.7 Å². The number of hydrogen-bond donors (Lipinski definition) is 1. The molecule has 22 heavy (non-hydrogen) atoms. The zero-order chi connectivity index (χ0) is 16.1. The highest BCUT2D eigenvalue weighted by molar-refractivity contribution is 5.98. The molecule has 0 amide bonds. The second-order valence-electron chi connectivity index (χ2n) is 5.67. The summed E-state index contributed by atoms with van der Waals surface area (Å²) in [7, 11) is 0. The van der Waals surface area contributed by atoms with Gasteiger partial charge in [0, 0.05) is 18.8 Å². The summed E-state index contributed by atoms with van der Waals surface area (Å²) in [6.07, 6.45) is 0.888. The van der Waals surface area contributed by atoms with Crippen molar-refractivity contribution in [2.75, 3.05) is 24.6 Å². The molecule has 120 valence electrons. The highest BCUT2D eigenvalue weighted by Gasteiger charge is 2.25. The number of Topliss-reactive ketones (excluding diaryl/α,β-unsaturated/α-hetero) is 1. The third kappa shape index (κ3) is 4.07. The average molecular weight is 305 g/mol. The van der Waals surface area contributed by atoms with Crippen LogP contribution >= 0.6 is 0 Å². The molecule has 2 unspecified atom stereocenters. The van der Waals surface area contributed by atoms with Gasteiger partial charge in [-0.25, -0.2) is 0 Å². The molecule has 1 aromatic rings. The molecule has 5 nitrogen and oxygen atoms in total. The fourth-order valence-corrected chi connectivity index (χ4v) is 2.69. The number of nitrogens with zero attached hydrogens (tertiary/aromatic N) is 1. The molecule has 1 N–H and O–H groups in total. The van der Waals surface area contributed by atoms with E-state index in [2.05, 4.69) is 4.90 Å². The van der Waals surface area contributed by atoms with Gasteiger partial charge in [-0.3, -0.25) is 9.59 Å². The Morgan fingerprint density at radius 1 is 1.36 bits per heavy atom. The van der Waals surface area contributed by atoms with Crippen molar-refractivity contribution >= 4 is 17.4 Å². The van der Waals surface area contributed by atoms with Crippen molar-refractivity contribution in [1.29, 1.82) is 0 Å². The van der Waals surface area contributed by atoms with E-state index in [-0.39, 0.29) is 18.5 Å². The largest absolute Gasteiger partial charge is 0.465 e. The lowest BCUT2D eigenvalue weighted by atomic mass is 9.96. The Morgan fingerprint density at radius 2 is 2.05 bits per heavy atom. The van der Waals surface area contributed by atoms with E-state index in [1.807, 2.05) is 24.3 Å². The highest BCUT2D eigenvalue weighted by Crippen LogP contribution is 2.22. The summed E-state index contributed by atoms with van der Waals surface area (Å²) >= 11 is 0. The minimum Gasteiger partial charge on any atom is -0.465 e. The number of β-amino-alcohol motifs (C(OH)–C–C–N with tert-alkyl or cyclic N) is 1. The van der Waals surface area contributed by atoms with Crippen molar-refractivity contribution in [3.63, 3.8) is 0 Å². The van der Waals surface area contributed by atoms with Crippen LogP contribution in [0.15, 0.2) is 24.3 Å². The number of anilines is 1. The van der Waals surface area contributed by atoms with Crippen LogP contribution in [0, 0.1) is 5.92 Å². The zero-order valence-corrected chi connectivity index (χ0v) is 13.1. The lowest BCUT2D eigenvalue weighted by molar-refractivity contribution is -0.151. The summed E-state index contributed by atoms with van der Waals surface area (Å²) in [5.41, 5.74) is 1.98. The Hall–Kier alpha value is -1.88. The third-order valence-corrected chi connectivity index (χ3v) is 3.97. The van der Waals surface area contributed by atoms with Crippen molar-refractivity contribution in [3.05, 3.63) is 29.8 Å². The van der Waals surface area contributed by atoms with Gasteiger partial charge in [-0.1, -0.05) is 12.1 Å². The predicted octanol–water partition coefficient (Wildman–Crippen LogP) is 1.57. The second-order valence-corrected chi connectivity index (χ2v) is 5.67. The molecule has 1 saturated heterocycles. The first-order chi connectivity index (χ1) is 10.5. The summed E-state index contributed by atoms with van der Waals surface area (Å²) in [6.45, 7) is 4.92. The molecule has 2 rings (SSSR count). The van der Waals surface area contributed by atoms with Crippen molar-refractivity contribution in [1.82, 2.24) is 0 Å². The van der Waals surface area contributed by atoms with E-state index < -0.39 is 11.9 Å². The molecule has 0 bridgehead atoms. The normalized spacial score (nSPS) is 19.0. The van der Waals surface area contributed by atoms with Gasteiger partial charge in [-0.2, -0.15) is 0 Å². The van der Waals surface area contributed by atoms with E-state index in [4.69, 9.17) is 4.74 Å². The predicted molar refractivity (Wildman–Crippen MR) is 83.8 cm³/mol. The van der Waals surface area contributed by atoms with Crippen molar-refractivity contribution in [2.45, 2.75) is 32.8 Å². The number of aliphatic hydroxyl groups excluding tert-OH is 1. The van der Waals surface area contributed by atoms with E-state index in [9.17, 15) is 14.7 Å². The minimum absolute atomic E-state index is 0.176. The average Bonchev–Trinajstić information content (AvgIpc) is 2.92. The Kier molecular flexibility index (Phi) is 5.55. The summed E-state index contributed by atoms with van der Waals surface area (Å²) in [5, 5.41) is 9.58. The van der Waals surface area contributed by atoms with Gasteiger partial charge in [0.2, 0.25) is 0 Å².